The first-order chi connectivity index (χ1) is 9.13. The molecule has 1 aliphatic rings. The molecule has 1 aromatic carbocycles. The third kappa shape index (κ3) is 2.48. The van der Waals surface area contributed by atoms with Crippen molar-refractivity contribution in [2.75, 3.05) is 11.4 Å². The number of nitrogens with one attached hydrogen (secondary N) is 1. The van der Waals surface area contributed by atoms with E-state index in [1.807, 2.05) is 0 Å². The Labute approximate surface area is 113 Å². The first-order valence-corrected chi connectivity index (χ1v) is 5.92. The molecule has 7 heteroatoms. The van der Waals surface area contributed by atoms with E-state index >= 15 is 0 Å². The topological polar surface area (TPSA) is 49.4 Å². The van der Waals surface area contributed by atoms with Crippen LogP contribution in [0.2, 0.25) is 0 Å². The van der Waals surface area contributed by atoms with Crippen molar-refractivity contribution in [3.63, 3.8) is 0 Å². The fourth-order valence-corrected chi connectivity index (χ4v) is 2.14. The number of anilines is 1. The number of alkyl halides is 3. The molecule has 0 aromatic heterocycles. The zero-order chi connectivity index (χ0) is 15.1. The van der Waals surface area contributed by atoms with E-state index in [1.165, 1.54) is 32.0 Å². The van der Waals surface area contributed by atoms with Gasteiger partial charge in [-0.2, -0.15) is 13.2 Å². The molecule has 1 aromatic rings. The Morgan fingerprint density at radius 3 is 2.40 bits per heavy atom. The summed E-state index contributed by atoms with van der Waals surface area (Å²) >= 11 is 0. The average molecular weight is 286 g/mol. The fraction of sp³-hybridized carbons (Fsp3) is 0.385. The maximum absolute atomic E-state index is 13.0. The summed E-state index contributed by atoms with van der Waals surface area (Å²) in [4.78, 5) is 24.7. The quantitative estimate of drug-likeness (QED) is 0.857. The lowest BCUT2D eigenvalue weighted by atomic mass is 9.99. The fourth-order valence-electron chi connectivity index (χ4n) is 2.14. The van der Waals surface area contributed by atoms with Gasteiger partial charge in [-0.1, -0.05) is 12.1 Å². The molecule has 1 N–H and O–H groups in total. The Kier molecular flexibility index (Phi) is 3.23. The van der Waals surface area contributed by atoms with E-state index in [9.17, 15) is 22.8 Å². The molecular weight excluding hydrogens is 273 g/mol. The number of piperazine rings is 1. The predicted molar refractivity (Wildman–Crippen MR) is 66.0 cm³/mol. The summed E-state index contributed by atoms with van der Waals surface area (Å²) in [5, 5.41) is 2.45. The van der Waals surface area contributed by atoms with Crippen LogP contribution in [0, 0.1) is 0 Å². The van der Waals surface area contributed by atoms with Gasteiger partial charge in [0.15, 0.2) is 0 Å². The third-order valence-corrected chi connectivity index (χ3v) is 3.03. The Hall–Kier alpha value is -2.05. The van der Waals surface area contributed by atoms with E-state index < -0.39 is 35.6 Å². The molecule has 4 nitrogen and oxygen atoms in total. The normalized spacial score (nSPS) is 18.9. The molecule has 1 heterocycles. The van der Waals surface area contributed by atoms with Crippen molar-refractivity contribution in [2.24, 2.45) is 0 Å². The lowest BCUT2D eigenvalue weighted by molar-refractivity contribution is -0.138. The minimum absolute atomic E-state index is 0.298. The number of carbonyl (C=O) groups is 2. The Balaban J connectivity index is 2.51. The third-order valence-electron chi connectivity index (χ3n) is 3.03. The summed E-state index contributed by atoms with van der Waals surface area (Å²) in [6, 6.07) is 4.72. The van der Waals surface area contributed by atoms with Crippen LogP contribution in [0.1, 0.15) is 19.4 Å². The van der Waals surface area contributed by atoms with Crippen LogP contribution in [-0.2, 0) is 15.8 Å². The molecular formula is C13H13F3N2O2. The van der Waals surface area contributed by atoms with Crippen LogP contribution in [0.15, 0.2) is 24.3 Å². The van der Waals surface area contributed by atoms with Crippen molar-refractivity contribution in [1.29, 1.82) is 0 Å². The van der Waals surface area contributed by atoms with Crippen molar-refractivity contribution in [3.8, 4) is 0 Å². The Bertz CT molecular complexity index is 567. The highest BCUT2D eigenvalue weighted by Gasteiger charge is 2.43. The maximum atomic E-state index is 13.0. The summed E-state index contributed by atoms with van der Waals surface area (Å²) < 4.78 is 38.9. The zero-order valence-corrected chi connectivity index (χ0v) is 10.9. The summed E-state index contributed by atoms with van der Waals surface area (Å²) in [6.45, 7) is 2.49. The van der Waals surface area contributed by atoms with Crippen molar-refractivity contribution >= 4 is 17.5 Å². The van der Waals surface area contributed by atoms with Crippen LogP contribution < -0.4 is 10.2 Å². The first kappa shape index (κ1) is 14.4. The van der Waals surface area contributed by atoms with E-state index in [1.54, 1.807) is 0 Å². The molecule has 0 radical (unpaired) electrons. The molecule has 0 spiro atoms. The van der Waals surface area contributed by atoms with Crippen LogP contribution >= 0.6 is 0 Å². The second-order valence-electron chi connectivity index (χ2n) is 5.08. The summed E-state index contributed by atoms with van der Waals surface area (Å²) in [7, 11) is 0. The van der Waals surface area contributed by atoms with Crippen molar-refractivity contribution in [1.82, 2.24) is 5.32 Å². The van der Waals surface area contributed by atoms with Gasteiger partial charge in [0.2, 0.25) is 5.91 Å². The predicted octanol–water partition coefficient (Wildman–Crippen LogP) is 1.95. The molecule has 0 bridgehead atoms. The largest absolute Gasteiger partial charge is 0.418 e. The van der Waals surface area contributed by atoms with Crippen molar-refractivity contribution in [2.45, 2.75) is 25.6 Å². The number of benzene rings is 1. The number of hydrogen-bond donors (Lipinski definition) is 1. The number of para-hydroxylation sites is 1. The van der Waals surface area contributed by atoms with E-state index in [0.717, 1.165) is 11.0 Å². The van der Waals surface area contributed by atoms with E-state index in [2.05, 4.69) is 5.32 Å². The van der Waals surface area contributed by atoms with E-state index in [4.69, 9.17) is 0 Å². The maximum Gasteiger partial charge on any atom is 0.418 e. The highest BCUT2D eigenvalue weighted by Crippen LogP contribution is 2.37. The number of carbonyl (C=O) groups excluding carboxylic acids is 2. The minimum Gasteiger partial charge on any atom is -0.341 e. The van der Waals surface area contributed by atoms with Crippen LogP contribution in [0.4, 0.5) is 18.9 Å². The lowest BCUT2D eigenvalue weighted by Crippen LogP contribution is -2.64. The number of rotatable bonds is 1. The number of amides is 2. The summed E-state index contributed by atoms with van der Waals surface area (Å²) in [6.07, 6.45) is -4.59. The van der Waals surface area contributed by atoms with Gasteiger partial charge in [-0.25, -0.2) is 0 Å². The molecule has 1 fully saturated rings. The molecule has 0 unspecified atom stereocenters. The van der Waals surface area contributed by atoms with Crippen LogP contribution in [0.3, 0.4) is 0 Å². The van der Waals surface area contributed by atoms with Gasteiger partial charge < -0.3 is 10.2 Å². The van der Waals surface area contributed by atoms with E-state index in [0.29, 0.717) is 0 Å². The minimum atomic E-state index is -4.59. The molecule has 1 aliphatic heterocycles. The average Bonchev–Trinajstić information content (AvgIpc) is 2.32. The molecule has 2 rings (SSSR count). The van der Waals surface area contributed by atoms with Crippen molar-refractivity contribution < 1.29 is 22.8 Å². The van der Waals surface area contributed by atoms with Crippen molar-refractivity contribution in [3.05, 3.63) is 29.8 Å². The van der Waals surface area contributed by atoms with Gasteiger partial charge in [-0.15, -0.1) is 0 Å². The number of hydrogen-bond acceptors (Lipinski definition) is 2. The van der Waals surface area contributed by atoms with Gasteiger partial charge in [-0.3, -0.25) is 9.59 Å². The zero-order valence-electron chi connectivity index (χ0n) is 10.9. The van der Waals surface area contributed by atoms with Gasteiger partial charge in [0.25, 0.3) is 5.91 Å². The smallest absolute Gasteiger partial charge is 0.341 e. The van der Waals surface area contributed by atoms with E-state index in [-0.39, 0.29) is 5.69 Å². The van der Waals surface area contributed by atoms with Gasteiger partial charge in [-0.05, 0) is 26.0 Å². The molecule has 20 heavy (non-hydrogen) atoms. The Morgan fingerprint density at radius 2 is 1.80 bits per heavy atom. The lowest BCUT2D eigenvalue weighted by Gasteiger charge is -2.38. The van der Waals surface area contributed by atoms with Gasteiger partial charge in [0.05, 0.1) is 11.3 Å². The number of halogens is 3. The first-order valence-electron chi connectivity index (χ1n) is 5.92. The highest BCUT2D eigenvalue weighted by molar-refractivity contribution is 6.09. The molecule has 0 aliphatic carbocycles. The molecule has 1 saturated heterocycles. The van der Waals surface area contributed by atoms with Crippen LogP contribution in [0.5, 0.6) is 0 Å². The summed E-state index contributed by atoms with van der Waals surface area (Å²) in [5.74, 6) is -1.07. The molecule has 0 atom stereocenters. The monoisotopic (exact) mass is 286 g/mol. The van der Waals surface area contributed by atoms with Gasteiger partial charge in [0.1, 0.15) is 12.1 Å². The molecule has 2 amide bonds. The van der Waals surface area contributed by atoms with Crippen LogP contribution in [0.25, 0.3) is 0 Å². The Morgan fingerprint density at radius 1 is 1.20 bits per heavy atom. The highest BCUT2D eigenvalue weighted by atomic mass is 19.4. The molecule has 108 valence electrons. The standard InChI is InChI=1S/C13H13F3N2O2/c1-12(2)11(20)18(7-10(19)17-12)9-6-4-3-5-8(9)13(14,15)16/h3-6H,7H2,1-2H3,(H,17,19). The molecule has 0 saturated carbocycles. The SMILES string of the molecule is CC1(C)NC(=O)CN(c2ccccc2C(F)(F)F)C1=O. The number of nitrogens with zero attached hydrogens (tertiary/aromatic N) is 1. The van der Waals surface area contributed by atoms with Gasteiger partial charge >= 0.3 is 6.18 Å². The second-order valence-corrected chi connectivity index (χ2v) is 5.08. The van der Waals surface area contributed by atoms with Gasteiger partial charge in [0, 0.05) is 0 Å². The summed E-state index contributed by atoms with van der Waals surface area (Å²) in [5.41, 5.74) is -2.46. The van der Waals surface area contributed by atoms with Crippen LogP contribution in [-0.4, -0.2) is 23.9 Å². The second kappa shape index (κ2) is 4.50.